The molecule has 9 heteroatoms. The van der Waals surface area contributed by atoms with Crippen molar-refractivity contribution < 1.29 is 22.0 Å². The van der Waals surface area contributed by atoms with Crippen LogP contribution < -0.4 is 0 Å². The molecule has 0 N–H and O–H groups in total. The Morgan fingerprint density at radius 2 is 1.44 bits per heavy atom. The van der Waals surface area contributed by atoms with E-state index < -0.39 is 46.0 Å². The standard InChI is InChI=1S/C16H7F5N4/c17-11-10(12(18)14(20)15(21)13(11)19)16-9(6-22)23-24-25(16)7-8-4-2-1-3-5-8/h1-5H,7H2. The normalized spacial score (nSPS) is 10.7. The highest BCUT2D eigenvalue weighted by Gasteiger charge is 2.31. The summed E-state index contributed by atoms with van der Waals surface area (Å²) in [5.74, 6) is -10.6. The maximum absolute atomic E-state index is 14.1. The van der Waals surface area contributed by atoms with Crippen LogP contribution in [0.4, 0.5) is 22.0 Å². The van der Waals surface area contributed by atoms with Gasteiger partial charge in [0.15, 0.2) is 29.0 Å². The molecule has 0 aliphatic heterocycles. The van der Waals surface area contributed by atoms with Crippen molar-refractivity contribution in [2.45, 2.75) is 6.54 Å². The Kier molecular flexibility index (Phi) is 4.19. The first-order valence-electron chi connectivity index (χ1n) is 6.85. The summed E-state index contributed by atoms with van der Waals surface area (Å²) in [7, 11) is 0. The third-order valence-corrected chi connectivity index (χ3v) is 3.46. The average Bonchev–Trinajstić information content (AvgIpc) is 3.02. The van der Waals surface area contributed by atoms with Crippen LogP contribution >= 0.6 is 0 Å². The minimum Gasteiger partial charge on any atom is -0.239 e. The smallest absolute Gasteiger partial charge is 0.200 e. The van der Waals surface area contributed by atoms with Crippen molar-refractivity contribution in [2.75, 3.05) is 0 Å². The number of rotatable bonds is 3. The fraction of sp³-hybridized carbons (Fsp3) is 0.0625. The molecule has 3 rings (SSSR count). The van der Waals surface area contributed by atoms with Crippen molar-refractivity contribution >= 4 is 0 Å². The highest BCUT2D eigenvalue weighted by Crippen LogP contribution is 2.33. The largest absolute Gasteiger partial charge is 0.239 e. The molecular formula is C16H7F5N4. The average molecular weight is 350 g/mol. The van der Waals surface area contributed by atoms with Crippen molar-refractivity contribution in [3.63, 3.8) is 0 Å². The monoisotopic (exact) mass is 350 g/mol. The Balaban J connectivity index is 2.25. The maximum atomic E-state index is 14.1. The van der Waals surface area contributed by atoms with E-state index in [1.165, 1.54) is 0 Å². The van der Waals surface area contributed by atoms with Crippen LogP contribution in [0.15, 0.2) is 30.3 Å². The first-order chi connectivity index (χ1) is 12.0. The first-order valence-corrected chi connectivity index (χ1v) is 6.85. The molecule has 1 aromatic heterocycles. The Bertz CT molecular complexity index is 963. The van der Waals surface area contributed by atoms with E-state index in [2.05, 4.69) is 10.3 Å². The van der Waals surface area contributed by atoms with E-state index in [-0.39, 0.29) is 6.54 Å². The number of halogens is 5. The van der Waals surface area contributed by atoms with E-state index in [0.717, 1.165) is 4.68 Å². The molecule has 0 amide bonds. The molecule has 0 aliphatic carbocycles. The van der Waals surface area contributed by atoms with Crippen LogP contribution in [0.3, 0.4) is 0 Å². The van der Waals surface area contributed by atoms with Gasteiger partial charge in [0.25, 0.3) is 0 Å². The molecular weight excluding hydrogens is 343 g/mol. The van der Waals surface area contributed by atoms with Crippen molar-refractivity contribution in [3.8, 4) is 17.3 Å². The Morgan fingerprint density at radius 1 is 0.880 bits per heavy atom. The fourth-order valence-electron chi connectivity index (χ4n) is 2.32. The molecule has 0 fully saturated rings. The summed E-state index contributed by atoms with van der Waals surface area (Å²) in [6.45, 7) is -0.0790. The summed E-state index contributed by atoms with van der Waals surface area (Å²) >= 11 is 0. The van der Waals surface area contributed by atoms with Crippen LogP contribution in [0.5, 0.6) is 0 Å². The minimum atomic E-state index is -2.28. The lowest BCUT2D eigenvalue weighted by molar-refractivity contribution is 0.380. The van der Waals surface area contributed by atoms with Crippen molar-refractivity contribution in [2.24, 2.45) is 0 Å². The summed E-state index contributed by atoms with van der Waals surface area (Å²) in [5.41, 5.74) is -1.76. The van der Waals surface area contributed by atoms with Gasteiger partial charge < -0.3 is 0 Å². The lowest BCUT2D eigenvalue weighted by Gasteiger charge is -2.10. The zero-order chi connectivity index (χ0) is 18.1. The zero-order valence-electron chi connectivity index (χ0n) is 12.3. The van der Waals surface area contributed by atoms with Crippen LogP contribution in [0.25, 0.3) is 11.3 Å². The van der Waals surface area contributed by atoms with E-state index in [1.807, 2.05) is 0 Å². The number of hydrogen-bond donors (Lipinski definition) is 0. The second-order valence-electron chi connectivity index (χ2n) is 4.99. The molecule has 0 saturated heterocycles. The van der Waals surface area contributed by atoms with E-state index in [4.69, 9.17) is 5.26 Å². The summed E-state index contributed by atoms with van der Waals surface area (Å²) in [6, 6.07) is 9.98. The molecule has 25 heavy (non-hydrogen) atoms. The van der Waals surface area contributed by atoms with Gasteiger partial charge in [0, 0.05) is 0 Å². The van der Waals surface area contributed by atoms with E-state index in [9.17, 15) is 22.0 Å². The number of nitrogens with zero attached hydrogens (tertiary/aromatic N) is 4. The topological polar surface area (TPSA) is 54.5 Å². The van der Waals surface area contributed by atoms with Gasteiger partial charge in [0.1, 0.15) is 11.8 Å². The Labute approximate surface area is 137 Å². The van der Waals surface area contributed by atoms with Gasteiger partial charge in [-0.3, -0.25) is 0 Å². The molecule has 0 atom stereocenters. The second-order valence-corrected chi connectivity index (χ2v) is 4.99. The quantitative estimate of drug-likeness (QED) is 0.412. The molecule has 2 aromatic carbocycles. The van der Waals surface area contributed by atoms with Gasteiger partial charge >= 0.3 is 0 Å². The van der Waals surface area contributed by atoms with Crippen molar-refractivity contribution in [3.05, 3.63) is 70.7 Å². The van der Waals surface area contributed by atoms with Gasteiger partial charge in [0.05, 0.1) is 12.1 Å². The van der Waals surface area contributed by atoms with Gasteiger partial charge in [-0.05, 0) is 5.56 Å². The SMILES string of the molecule is N#Cc1nnn(Cc2ccccc2)c1-c1c(F)c(F)c(F)c(F)c1F. The van der Waals surface area contributed by atoms with Crippen LogP contribution in [0, 0.1) is 40.4 Å². The number of benzene rings is 2. The highest BCUT2D eigenvalue weighted by molar-refractivity contribution is 5.66. The summed E-state index contributed by atoms with van der Waals surface area (Å²) in [4.78, 5) is 0. The van der Waals surface area contributed by atoms with E-state index in [0.29, 0.717) is 5.56 Å². The van der Waals surface area contributed by atoms with Crippen molar-refractivity contribution in [1.82, 2.24) is 15.0 Å². The number of nitriles is 1. The summed E-state index contributed by atoms with van der Waals surface area (Å²) in [6.07, 6.45) is 0. The molecule has 0 bridgehead atoms. The van der Waals surface area contributed by atoms with Crippen LogP contribution in [-0.4, -0.2) is 15.0 Å². The summed E-state index contributed by atoms with van der Waals surface area (Å²) in [5, 5.41) is 16.1. The zero-order valence-corrected chi connectivity index (χ0v) is 12.3. The Hall–Kier alpha value is -3.28. The van der Waals surface area contributed by atoms with Gasteiger partial charge in [-0.15, -0.1) is 5.10 Å². The van der Waals surface area contributed by atoms with Crippen LogP contribution in [-0.2, 0) is 6.54 Å². The van der Waals surface area contributed by atoms with Gasteiger partial charge in [-0.25, -0.2) is 26.6 Å². The number of aromatic nitrogens is 3. The second kappa shape index (κ2) is 6.32. The van der Waals surface area contributed by atoms with Crippen molar-refractivity contribution in [1.29, 1.82) is 5.26 Å². The third kappa shape index (κ3) is 2.71. The molecule has 3 aromatic rings. The molecule has 1 heterocycles. The number of hydrogen-bond acceptors (Lipinski definition) is 3. The molecule has 0 radical (unpaired) electrons. The predicted molar refractivity (Wildman–Crippen MR) is 75.5 cm³/mol. The van der Waals surface area contributed by atoms with Gasteiger partial charge in [-0.2, -0.15) is 5.26 Å². The maximum Gasteiger partial charge on any atom is 0.200 e. The summed E-state index contributed by atoms with van der Waals surface area (Å²) < 4.78 is 69.3. The fourth-order valence-corrected chi connectivity index (χ4v) is 2.32. The van der Waals surface area contributed by atoms with E-state index >= 15 is 0 Å². The predicted octanol–water partition coefficient (Wildman–Crippen LogP) is 3.56. The lowest BCUT2D eigenvalue weighted by atomic mass is 10.1. The Morgan fingerprint density at radius 3 is 2.00 bits per heavy atom. The van der Waals surface area contributed by atoms with Crippen LogP contribution in [0.2, 0.25) is 0 Å². The van der Waals surface area contributed by atoms with Gasteiger partial charge in [0.2, 0.25) is 5.82 Å². The minimum absolute atomic E-state index is 0.0790. The molecule has 4 nitrogen and oxygen atoms in total. The third-order valence-electron chi connectivity index (χ3n) is 3.46. The molecule has 0 spiro atoms. The first kappa shape index (κ1) is 16.6. The molecule has 0 unspecified atom stereocenters. The lowest BCUT2D eigenvalue weighted by Crippen LogP contribution is -2.10. The molecule has 0 saturated carbocycles. The highest BCUT2D eigenvalue weighted by atomic mass is 19.2. The van der Waals surface area contributed by atoms with Crippen LogP contribution in [0.1, 0.15) is 11.3 Å². The molecule has 126 valence electrons. The molecule has 0 aliphatic rings. The van der Waals surface area contributed by atoms with Gasteiger partial charge in [-0.1, -0.05) is 35.5 Å². The van der Waals surface area contributed by atoms with E-state index in [1.54, 1.807) is 36.4 Å².